The summed E-state index contributed by atoms with van der Waals surface area (Å²) >= 11 is 0. The van der Waals surface area contributed by atoms with E-state index in [9.17, 15) is 9.59 Å². The van der Waals surface area contributed by atoms with Gasteiger partial charge in [-0.15, -0.1) is 0 Å². The van der Waals surface area contributed by atoms with Crippen molar-refractivity contribution in [3.05, 3.63) is 40.2 Å². The number of amides is 1. The molecule has 4 rings (SSSR count). The number of piperazine rings is 1. The molecule has 1 saturated heterocycles. The summed E-state index contributed by atoms with van der Waals surface area (Å²) in [4.78, 5) is 29.1. The summed E-state index contributed by atoms with van der Waals surface area (Å²) in [7, 11) is 0. The van der Waals surface area contributed by atoms with E-state index in [0.717, 1.165) is 55.7 Å². The lowest BCUT2D eigenvalue weighted by molar-refractivity contribution is -0.138. The van der Waals surface area contributed by atoms with Crippen LogP contribution in [-0.4, -0.2) is 48.5 Å². The smallest absolute Gasteiger partial charge is 0.336 e. The molecule has 6 nitrogen and oxygen atoms in total. The summed E-state index contributed by atoms with van der Waals surface area (Å²) in [6, 6.07) is 7.15. The first-order valence-corrected chi connectivity index (χ1v) is 10.8. The van der Waals surface area contributed by atoms with Crippen molar-refractivity contribution in [2.75, 3.05) is 32.8 Å². The molecule has 156 valence electrons. The maximum atomic E-state index is 12.8. The van der Waals surface area contributed by atoms with Crippen LogP contribution >= 0.6 is 0 Å². The highest BCUT2D eigenvalue weighted by atomic mass is 16.5. The fourth-order valence-electron chi connectivity index (χ4n) is 4.57. The maximum Gasteiger partial charge on any atom is 0.336 e. The van der Waals surface area contributed by atoms with Crippen LogP contribution in [0.25, 0.3) is 11.0 Å². The van der Waals surface area contributed by atoms with E-state index in [1.54, 1.807) is 12.1 Å². The van der Waals surface area contributed by atoms with Crippen LogP contribution in [0.15, 0.2) is 33.5 Å². The average molecular weight is 399 g/mol. The lowest BCUT2D eigenvalue weighted by atomic mass is 9.88. The van der Waals surface area contributed by atoms with Gasteiger partial charge in [-0.1, -0.05) is 19.3 Å². The van der Waals surface area contributed by atoms with E-state index in [-0.39, 0.29) is 11.5 Å². The molecule has 2 fully saturated rings. The molecule has 1 aromatic heterocycles. The van der Waals surface area contributed by atoms with Gasteiger partial charge in [-0.05, 0) is 43.5 Å². The Morgan fingerprint density at radius 1 is 1.10 bits per heavy atom. The molecule has 0 unspecified atom stereocenters. The lowest BCUT2D eigenvalue weighted by Gasteiger charge is -2.37. The van der Waals surface area contributed by atoms with Crippen molar-refractivity contribution in [3.8, 4) is 5.75 Å². The minimum Gasteiger partial charge on any atom is -0.494 e. The zero-order valence-corrected chi connectivity index (χ0v) is 17.2. The molecule has 29 heavy (non-hydrogen) atoms. The highest BCUT2D eigenvalue weighted by molar-refractivity contribution is 5.82. The summed E-state index contributed by atoms with van der Waals surface area (Å²) in [5.41, 5.74) is 1.20. The van der Waals surface area contributed by atoms with Crippen LogP contribution in [-0.2, 0) is 11.3 Å². The van der Waals surface area contributed by atoms with Crippen molar-refractivity contribution >= 4 is 16.9 Å². The van der Waals surface area contributed by atoms with Crippen LogP contribution in [0.4, 0.5) is 0 Å². The maximum absolute atomic E-state index is 12.8. The van der Waals surface area contributed by atoms with Crippen LogP contribution in [0.5, 0.6) is 5.75 Å². The van der Waals surface area contributed by atoms with E-state index in [2.05, 4.69) is 4.90 Å². The van der Waals surface area contributed by atoms with Gasteiger partial charge in [-0.3, -0.25) is 9.69 Å². The average Bonchev–Trinajstić information content (AvgIpc) is 2.75. The number of benzene rings is 1. The number of carbonyl (C=O) groups is 1. The molecule has 0 bridgehead atoms. The second kappa shape index (κ2) is 8.99. The summed E-state index contributed by atoms with van der Waals surface area (Å²) < 4.78 is 11.0. The van der Waals surface area contributed by atoms with E-state index in [1.807, 2.05) is 24.0 Å². The summed E-state index contributed by atoms with van der Waals surface area (Å²) in [6.45, 7) is 6.39. The van der Waals surface area contributed by atoms with Gasteiger partial charge >= 0.3 is 5.63 Å². The Morgan fingerprint density at radius 2 is 1.86 bits per heavy atom. The Bertz CT molecular complexity index is 909. The van der Waals surface area contributed by atoms with Gasteiger partial charge < -0.3 is 14.1 Å². The zero-order chi connectivity index (χ0) is 20.2. The van der Waals surface area contributed by atoms with Crippen molar-refractivity contribution in [1.82, 2.24) is 9.80 Å². The Hall–Kier alpha value is -2.34. The van der Waals surface area contributed by atoms with Crippen LogP contribution in [0.1, 0.15) is 44.6 Å². The van der Waals surface area contributed by atoms with Gasteiger partial charge in [0.05, 0.1) is 6.61 Å². The molecule has 2 heterocycles. The first kappa shape index (κ1) is 20.0. The second-order valence-electron chi connectivity index (χ2n) is 8.12. The fraction of sp³-hybridized carbons (Fsp3) is 0.565. The Labute approximate surface area is 171 Å². The quantitative estimate of drug-likeness (QED) is 0.722. The molecule has 2 aliphatic rings. The number of ether oxygens (including phenoxy) is 1. The molecular weight excluding hydrogens is 368 g/mol. The van der Waals surface area contributed by atoms with Gasteiger partial charge in [0.1, 0.15) is 11.3 Å². The fourth-order valence-corrected chi connectivity index (χ4v) is 4.57. The van der Waals surface area contributed by atoms with Crippen molar-refractivity contribution in [1.29, 1.82) is 0 Å². The van der Waals surface area contributed by atoms with Gasteiger partial charge in [0, 0.05) is 50.1 Å². The number of carbonyl (C=O) groups excluding carboxylic acids is 1. The van der Waals surface area contributed by atoms with Crippen molar-refractivity contribution in [2.45, 2.75) is 45.6 Å². The molecule has 1 amide bonds. The van der Waals surface area contributed by atoms with Gasteiger partial charge in [0.25, 0.3) is 0 Å². The number of rotatable bonds is 5. The summed E-state index contributed by atoms with van der Waals surface area (Å²) in [5.74, 6) is 1.35. The first-order valence-electron chi connectivity index (χ1n) is 10.8. The third kappa shape index (κ3) is 4.64. The minimum absolute atomic E-state index is 0.231. The monoisotopic (exact) mass is 398 g/mol. The van der Waals surface area contributed by atoms with E-state index in [0.29, 0.717) is 24.6 Å². The van der Waals surface area contributed by atoms with Gasteiger partial charge in [-0.2, -0.15) is 0 Å². The predicted octanol–water partition coefficient (Wildman–Crippen LogP) is 3.42. The van der Waals surface area contributed by atoms with Crippen LogP contribution in [0.3, 0.4) is 0 Å². The molecule has 1 aliphatic carbocycles. The molecular formula is C23H30N2O4. The Kier molecular flexibility index (Phi) is 6.19. The van der Waals surface area contributed by atoms with Gasteiger partial charge in [-0.25, -0.2) is 4.79 Å². The van der Waals surface area contributed by atoms with E-state index in [4.69, 9.17) is 9.15 Å². The van der Waals surface area contributed by atoms with E-state index >= 15 is 0 Å². The van der Waals surface area contributed by atoms with E-state index in [1.165, 1.54) is 19.3 Å². The Morgan fingerprint density at radius 3 is 2.59 bits per heavy atom. The normalized spacial score (nSPS) is 18.9. The third-order valence-electron chi connectivity index (χ3n) is 6.14. The van der Waals surface area contributed by atoms with Crippen molar-refractivity contribution < 1.29 is 13.9 Å². The second-order valence-corrected chi connectivity index (χ2v) is 8.12. The van der Waals surface area contributed by atoms with Crippen LogP contribution in [0, 0.1) is 5.92 Å². The predicted molar refractivity (Wildman–Crippen MR) is 112 cm³/mol. The lowest BCUT2D eigenvalue weighted by Crippen LogP contribution is -2.50. The molecule has 0 spiro atoms. The Balaban J connectivity index is 1.43. The third-order valence-corrected chi connectivity index (χ3v) is 6.14. The number of fused-ring (bicyclic) bond motifs is 1. The molecule has 0 N–H and O–H groups in total. The van der Waals surface area contributed by atoms with Crippen LogP contribution in [0.2, 0.25) is 0 Å². The first-order chi connectivity index (χ1) is 14.1. The standard InChI is InChI=1S/C23H30N2O4/c1-2-28-19-8-9-21-20(15-19)18(14-22(26)29-21)16-24-10-12-25(13-11-24)23(27)17-6-4-3-5-7-17/h8-9,14-15,17H,2-7,10-13,16H2,1H3. The molecule has 1 aliphatic heterocycles. The van der Waals surface area contributed by atoms with Crippen LogP contribution < -0.4 is 10.4 Å². The molecule has 0 radical (unpaired) electrons. The summed E-state index contributed by atoms with van der Waals surface area (Å²) in [5, 5.41) is 0.913. The molecule has 2 aromatic rings. The van der Waals surface area contributed by atoms with Crippen molar-refractivity contribution in [3.63, 3.8) is 0 Å². The minimum atomic E-state index is -0.331. The highest BCUT2D eigenvalue weighted by Crippen LogP contribution is 2.27. The molecule has 1 saturated carbocycles. The highest BCUT2D eigenvalue weighted by Gasteiger charge is 2.28. The summed E-state index contributed by atoms with van der Waals surface area (Å²) in [6.07, 6.45) is 5.73. The molecule has 6 heteroatoms. The van der Waals surface area contributed by atoms with Gasteiger partial charge in [0.2, 0.25) is 5.91 Å². The largest absolute Gasteiger partial charge is 0.494 e. The topological polar surface area (TPSA) is 63.0 Å². The number of hydrogen-bond donors (Lipinski definition) is 0. The number of hydrogen-bond acceptors (Lipinski definition) is 5. The SMILES string of the molecule is CCOc1ccc2oc(=O)cc(CN3CCN(C(=O)C4CCCCC4)CC3)c2c1. The molecule has 0 atom stereocenters. The van der Waals surface area contributed by atoms with Crippen molar-refractivity contribution in [2.24, 2.45) is 5.92 Å². The number of nitrogens with zero attached hydrogens (tertiary/aromatic N) is 2. The molecule has 1 aromatic carbocycles. The van der Waals surface area contributed by atoms with E-state index < -0.39 is 0 Å². The van der Waals surface area contributed by atoms with Gasteiger partial charge in [0.15, 0.2) is 0 Å². The zero-order valence-electron chi connectivity index (χ0n) is 17.2.